The van der Waals surface area contributed by atoms with Gasteiger partial charge in [-0.1, -0.05) is 61.2 Å². The first-order valence-corrected chi connectivity index (χ1v) is 14.3. The maximum absolute atomic E-state index is 13.5. The zero-order valence-electron chi connectivity index (χ0n) is 22.8. The van der Waals surface area contributed by atoms with Gasteiger partial charge in [-0.2, -0.15) is 0 Å². The van der Waals surface area contributed by atoms with E-state index in [4.69, 9.17) is 9.47 Å². The molecule has 0 saturated heterocycles. The molecule has 0 bridgehead atoms. The molecule has 4 aromatic rings. The molecule has 0 saturated carbocycles. The van der Waals surface area contributed by atoms with Crippen molar-refractivity contribution in [3.63, 3.8) is 0 Å². The number of nitrogens with one attached hydrogen (secondary N) is 1. The number of nitrogens with zero attached hydrogens (tertiary/aromatic N) is 1. The summed E-state index contributed by atoms with van der Waals surface area (Å²) < 4.78 is 11.0. The number of esters is 1. The van der Waals surface area contributed by atoms with Crippen LogP contribution in [0.3, 0.4) is 0 Å². The van der Waals surface area contributed by atoms with Crippen molar-refractivity contribution in [1.29, 1.82) is 0 Å². The van der Waals surface area contributed by atoms with Gasteiger partial charge >= 0.3 is 12.0 Å². The lowest BCUT2D eigenvalue weighted by Crippen LogP contribution is -2.36. The van der Waals surface area contributed by atoms with Gasteiger partial charge in [-0.25, -0.2) is 4.79 Å². The lowest BCUT2D eigenvalue weighted by atomic mass is 10.1. The van der Waals surface area contributed by atoms with Crippen molar-refractivity contribution >= 4 is 35.1 Å². The summed E-state index contributed by atoms with van der Waals surface area (Å²) in [7, 11) is 0. The third-order valence-corrected chi connectivity index (χ3v) is 7.05. The van der Waals surface area contributed by atoms with Crippen molar-refractivity contribution in [3.8, 4) is 11.5 Å². The molecule has 2 amide bonds. The van der Waals surface area contributed by atoms with E-state index in [1.165, 1.54) is 0 Å². The fraction of sp³-hybridized carbons (Fsp3) is 0.212. The molecule has 0 fully saturated rings. The molecule has 206 valence electrons. The van der Waals surface area contributed by atoms with Crippen molar-refractivity contribution in [2.75, 3.05) is 23.4 Å². The second-order valence-corrected chi connectivity index (χ2v) is 10.2. The summed E-state index contributed by atoms with van der Waals surface area (Å²) in [5, 5.41) is 3.03. The van der Waals surface area contributed by atoms with Gasteiger partial charge in [0.15, 0.2) is 0 Å². The lowest BCUT2D eigenvalue weighted by Gasteiger charge is -2.24. The quantitative estimate of drug-likeness (QED) is 0.141. The Morgan fingerprint density at radius 3 is 2.12 bits per heavy atom. The van der Waals surface area contributed by atoms with Gasteiger partial charge in [0, 0.05) is 28.4 Å². The molecule has 4 aromatic carbocycles. The highest BCUT2D eigenvalue weighted by molar-refractivity contribution is 7.99. The SMILES string of the molecule is CCCC(=O)Oc1ccc(Sc2ccc(N(CCc3ccccc3)C(=O)Nc3ccccc3OCC)cc2)cc1. The average Bonchev–Trinajstić information content (AvgIpc) is 2.97. The Hall–Kier alpha value is -4.23. The normalized spacial score (nSPS) is 10.6. The zero-order chi connectivity index (χ0) is 28.2. The molecule has 4 rings (SSSR count). The van der Waals surface area contributed by atoms with Gasteiger partial charge in [0.2, 0.25) is 0 Å². The number of ether oxygens (including phenoxy) is 2. The molecular formula is C33H34N2O4S. The van der Waals surface area contributed by atoms with E-state index in [1.807, 2.05) is 92.7 Å². The summed E-state index contributed by atoms with van der Waals surface area (Å²) in [5.74, 6) is 0.962. The largest absolute Gasteiger partial charge is 0.492 e. The molecule has 6 nitrogen and oxygen atoms in total. The number of para-hydroxylation sites is 2. The van der Waals surface area contributed by atoms with E-state index in [-0.39, 0.29) is 12.0 Å². The van der Waals surface area contributed by atoms with Crippen LogP contribution in [0.4, 0.5) is 16.2 Å². The zero-order valence-corrected chi connectivity index (χ0v) is 23.7. The molecule has 7 heteroatoms. The second kappa shape index (κ2) is 14.8. The summed E-state index contributed by atoms with van der Waals surface area (Å²) in [6.07, 6.45) is 1.88. The van der Waals surface area contributed by atoms with Crippen LogP contribution >= 0.6 is 11.8 Å². The molecule has 0 aromatic heterocycles. The van der Waals surface area contributed by atoms with E-state index in [0.717, 1.165) is 27.5 Å². The molecule has 40 heavy (non-hydrogen) atoms. The molecule has 1 N–H and O–H groups in total. The van der Waals surface area contributed by atoms with Crippen LogP contribution in [0, 0.1) is 0 Å². The van der Waals surface area contributed by atoms with Crippen LogP contribution in [0.15, 0.2) is 113 Å². The van der Waals surface area contributed by atoms with Crippen molar-refractivity contribution < 1.29 is 19.1 Å². The number of amides is 2. The number of anilines is 2. The number of benzene rings is 4. The Bertz CT molecular complexity index is 1380. The van der Waals surface area contributed by atoms with Gasteiger partial charge in [-0.3, -0.25) is 9.69 Å². The Balaban J connectivity index is 1.47. The van der Waals surface area contributed by atoms with Gasteiger partial charge in [-0.05, 0) is 86.0 Å². The van der Waals surface area contributed by atoms with Gasteiger partial charge in [0.25, 0.3) is 0 Å². The predicted molar refractivity (Wildman–Crippen MR) is 162 cm³/mol. The Morgan fingerprint density at radius 1 is 0.800 bits per heavy atom. The minimum absolute atomic E-state index is 0.222. The van der Waals surface area contributed by atoms with E-state index >= 15 is 0 Å². The minimum atomic E-state index is -0.225. The number of carbonyl (C=O) groups is 2. The number of hydrogen-bond acceptors (Lipinski definition) is 5. The number of carbonyl (C=O) groups excluding carboxylic acids is 2. The van der Waals surface area contributed by atoms with Crippen LogP contribution in [0.25, 0.3) is 0 Å². The third-order valence-electron chi connectivity index (χ3n) is 6.03. The van der Waals surface area contributed by atoms with Crippen LogP contribution in [0.2, 0.25) is 0 Å². The van der Waals surface area contributed by atoms with Crippen molar-refractivity contribution in [2.24, 2.45) is 0 Å². The third kappa shape index (κ3) is 8.38. The summed E-state index contributed by atoms with van der Waals surface area (Å²) in [4.78, 5) is 29.1. The monoisotopic (exact) mass is 554 g/mol. The van der Waals surface area contributed by atoms with Gasteiger partial charge in [0.1, 0.15) is 11.5 Å². The smallest absolute Gasteiger partial charge is 0.326 e. The highest BCUT2D eigenvalue weighted by Crippen LogP contribution is 2.31. The highest BCUT2D eigenvalue weighted by Gasteiger charge is 2.18. The molecule has 0 aliphatic rings. The van der Waals surface area contributed by atoms with Gasteiger partial charge < -0.3 is 14.8 Å². The summed E-state index contributed by atoms with van der Waals surface area (Å²) in [5.41, 5.74) is 2.59. The number of urea groups is 1. The Labute approximate surface area is 240 Å². The first-order valence-electron chi connectivity index (χ1n) is 13.5. The van der Waals surface area contributed by atoms with Crippen LogP contribution < -0.4 is 19.7 Å². The molecule has 0 atom stereocenters. The predicted octanol–water partition coefficient (Wildman–Crippen LogP) is 8.22. The van der Waals surface area contributed by atoms with Crippen LogP contribution in [0.1, 0.15) is 32.3 Å². The molecular weight excluding hydrogens is 520 g/mol. The topological polar surface area (TPSA) is 67.9 Å². The summed E-state index contributed by atoms with van der Waals surface area (Å²) >= 11 is 1.60. The van der Waals surface area contributed by atoms with Gasteiger partial charge in [-0.15, -0.1) is 0 Å². The van der Waals surface area contributed by atoms with Crippen LogP contribution in [-0.4, -0.2) is 25.2 Å². The lowest BCUT2D eigenvalue weighted by molar-refractivity contribution is -0.134. The molecule has 0 radical (unpaired) electrons. The maximum Gasteiger partial charge on any atom is 0.326 e. The molecule has 0 aliphatic heterocycles. The van der Waals surface area contributed by atoms with Crippen LogP contribution in [-0.2, 0) is 11.2 Å². The van der Waals surface area contributed by atoms with Gasteiger partial charge in [0.05, 0.1) is 12.3 Å². The number of rotatable bonds is 12. The van der Waals surface area contributed by atoms with E-state index in [0.29, 0.717) is 43.2 Å². The fourth-order valence-corrected chi connectivity index (χ4v) is 4.88. The van der Waals surface area contributed by atoms with Crippen molar-refractivity contribution in [2.45, 2.75) is 42.9 Å². The average molecular weight is 555 g/mol. The number of hydrogen-bond donors (Lipinski definition) is 1. The summed E-state index contributed by atoms with van der Waals surface area (Å²) in [6.45, 7) is 4.89. The van der Waals surface area contributed by atoms with Crippen LogP contribution in [0.5, 0.6) is 11.5 Å². The molecule has 0 heterocycles. The molecule has 0 aliphatic carbocycles. The Kier molecular flexibility index (Phi) is 10.6. The highest BCUT2D eigenvalue weighted by atomic mass is 32.2. The Morgan fingerprint density at radius 2 is 1.45 bits per heavy atom. The van der Waals surface area contributed by atoms with E-state index in [9.17, 15) is 9.59 Å². The van der Waals surface area contributed by atoms with E-state index < -0.39 is 0 Å². The van der Waals surface area contributed by atoms with Crippen molar-refractivity contribution in [3.05, 3.63) is 109 Å². The van der Waals surface area contributed by atoms with E-state index in [1.54, 1.807) is 28.8 Å². The molecule has 0 spiro atoms. The maximum atomic E-state index is 13.5. The van der Waals surface area contributed by atoms with Crippen molar-refractivity contribution in [1.82, 2.24) is 0 Å². The standard InChI is InChI=1S/C33H34N2O4S/c1-3-10-32(36)39-27-17-21-29(22-18-27)40-28-19-15-26(16-20-28)35(24-23-25-11-6-5-7-12-25)33(37)34-30-13-8-9-14-31(30)38-4-2/h5-9,11-22H,3-4,10,23-24H2,1-2H3,(H,34,37). The minimum Gasteiger partial charge on any atom is -0.492 e. The first kappa shape index (κ1) is 28.8. The second-order valence-electron chi connectivity index (χ2n) is 9.04. The molecule has 0 unspecified atom stereocenters. The first-order chi connectivity index (χ1) is 19.6. The summed E-state index contributed by atoms with van der Waals surface area (Å²) in [6, 6.07) is 32.8. The van der Waals surface area contributed by atoms with E-state index in [2.05, 4.69) is 17.4 Å². The fourth-order valence-electron chi connectivity index (χ4n) is 4.06.